The summed E-state index contributed by atoms with van der Waals surface area (Å²) in [5.41, 5.74) is 1.49. The van der Waals surface area contributed by atoms with Gasteiger partial charge in [-0.05, 0) is 60.2 Å². The first-order chi connectivity index (χ1) is 17.6. The van der Waals surface area contributed by atoms with Gasteiger partial charge in [0.15, 0.2) is 17.3 Å². The number of benzene rings is 2. The predicted molar refractivity (Wildman–Crippen MR) is 142 cm³/mol. The Hall–Kier alpha value is -3.84. The van der Waals surface area contributed by atoms with E-state index in [4.69, 9.17) is 24.4 Å². The van der Waals surface area contributed by atoms with E-state index in [1.54, 1.807) is 12.1 Å². The number of fused-ring (bicyclic) bond motifs is 1. The van der Waals surface area contributed by atoms with Gasteiger partial charge in [-0.3, -0.25) is 10.2 Å². The number of amidine groups is 2. The summed E-state index contributed by atoms with van der Waals surface area (Å²) < 4.78 is 46.0. The second-order valence-electron chi connectivity index (χ2n) is 7.93. The Morgan fingerprint density at radius 3 is 2.38 bits per heavy atom. The molecule has 4 rings (SSSR count). The zero-order valence-corrected chi connectivity index (χ0v) is 22.1. The molecule has 0 bridgehead atoms. The lowest BCUT2D eigenvalue weighted by molar-refractivity contribution is -0.114. The molecule has 37 heavy (non-hydrogen) atoms. The number of hydrazone groups is 1. The van der Waals surface area contributed by atoms with E-state index in [2.05, 4.69) is 10.1 Å². The normalized spacial score (nSPS) is 16.3. The number of ether oxygens (including phenoxy) is 4. The Labute approximate surface area is 218 Å². The number of thioether (sulfide) groups is 1. The average molecular weight is 545 g/mol. The maximum absolute atomic E-state index is 12.7. The molecule has 0 unspecified atom stereocenters. The third-order valence-electron chi connectivity index (χ3n) is 5.14. The van der Waals surface area contributed by atoms with Crippen LogP contribution in [0.3, 0.4) is 0 Å². The maximum atomic E-state index is 12.7. The van der Waals surface area contributed by atoms with Crippen LogP contribution in [0.15, 0.2) is 52.1 Å². The second kappa shape index (κ2) is 10.6. The number of aliphatic imine (C=N–C) groups is 1. The van der Waals surface area contributed by atoms with Crippen molar-refractivity contribution in [2.75, 3.05) is 33.7 Å². The average Bonchev–Trinajstić information content (AvgIpc) is 3.29. The van der Waals surface area contributed by atoms with Crippen molar-refractivity contribution in [3.63, 3.8) is 0 Å². The lowest BCUT2D eigenvalue weighted by atomic mass is 10.1. The highest BCUT2D eigenvalue weighted by Crippen LogP contribution is 2.39. The number of hydrogen-bond donors (Lipinski definition) is 1. The van der Waals surface area contributed by atoms with Crippen molar-refractivity contribution in [1.29, 1.82) is 5.41 Å². The van der Waals surface area contributed by atoms with Crippen molar-refractivity contribution in [2.24, 2.45) is 10.1 Å². The molecule has 1 amide bonds. The molecule has 0 fully saturated rings. The van der Waals surface area contributed by atoms with E-state index in [9.17, 15) is 13.2 Å². The summed E-state index contributed by atoms with van der Waals surface area (Å²) in [6.45, 7) is 2.49. The molecule has 11 nitrogen and oxygen atoms in total. The van der Waals surface area contributed by atoms with Crippen LogP contribution in [-0.2, 0) is 14.6 Å². The van der Waals surface area contributed by atoms with E-state index in [0.717, 1.165) is 34.3 Å². The molecule has 0 aromatic heterocycles. The molecular formula is C24H24N4O7S2. The van der Waals surface area contributed by atoms with E-state index >= 15 is 0 Å². The van der Waals surface area contributed by atoms with Crippen LogP contribution in [0.4, 0.5) is 0 Å². The molecule has 194 valence electrons. The molecule has 0 atom stereocenters. The van der Waals surface area contributed by atoms with Gasteiger partial charge in [0.05, 0.1) is 19.8 Å². The Morgan fingerprint density at radius 2 is 1.76 bits per heavy atom. The monoisotopic (exact) mass is 544 g/mol. The molecule has 2 aliphatic heterocycles. The SMILES string of the molecule is COc1cc(/C=C2\C(=N)N3N=C(S(C)(=O)=O)SC3=NC2=O)cc(OC)c1OCCOc1cccc(C)c1. The van der Waals surface area contributed by atoms with Gasteiger partial charge in [0, 0.05) is 6.26 Å². The molecule has 1 N–H and O–H groups in total. The highest BCUT2D eigenvalue weighted by Gasteiger charge is 2.38. The number of amides is 1. The smallest absolute Gasteiger partial charge is 0.283 e. The highest BCUT2D eigenvalue weighted by atomic mass is 32.3. The van der Waals surface area contributed by atoms with E-state index < -0.39 is 15.7 Å². The van der Waals surface area contributed by atoms with Crippen LogP contribution in [0.2, 0.25) is 0 Å². The predicted octanol–water partition coefficient (Wildman–Crippen LogP) is 3.09. The van der Waals surface area contributed by atoms with Crippen molar-refractivity contribution >= 4 is 49.0 Å². The Morgan fingerprint density at radius 1 is 1.08 bits per heavy atom. The molecule has 0 aliphatic carbocycles. The number of sulfone groups is 1. The first-order valence-corrected chi connectivity index (χ1v) is 13.6. The Kier molecular flexibility index (Phi) is 7.55. The molecule has 2 aliphatic rings. The van der Waals surface area contributed by atoms with Gasteiger partial charge in [-0.25, -0.2) is 8.42 Å². The number of hydrogen-bond acceptors (Lipinski definition) is 10. The molecule has 2 aromatic carbocycles. The molecule has 0 spiro atoms. The van der Waals surface area contributed by atoms with Gasteiger partial charge in [-0.2, -0.15) is 10.0 Å². The largest absolute Gasteiger partial charge is 0.493 e. The minimum Gasteiger partial charge on any atom is -0.493 e. The van der Waals surface area contributed by atoms with Crippen LogP contribution in [0.5, 0.6) is 23.0 Å². The van der Waals surface area contributed by atoms with Crippen molar-refractivity contribution in [1.82, 2.24) is 5.01 Å². The molecule has 0 saturated heterocycles. The van der Waals surface area contributed by atoms with Crippen molar-refractivity contribution in [3.8, 4) is 23.0 Å². The first-order valence-electron chi connectivity index (χ1n) is 10.9. The summed E-state index contributed by atoms with van der Waals surface area (Å²) in [7, 11) is -0.687. The van der Waals surface area contributed by atoms with Crippen LogP contribution in [0.25, 0.3) is 6.08 Å². The number of carbonyl (C=O) groups is 1. The molecular weight excluding hydrogens is 520 g/mol. The van der Waals surface area contributed by atoms with Crippen LogP contribution < -0.4 is 18.9 Å². The van der Waals surface area contributed by atoms with Gasteiger partial charge < -0.3 is 18.9 Å². The quantitative estimate of drug-likeness (QED) is 0.392. The third-order valence-corrected chi connectivity index (χ3v) is 7.71. The van der Waals surface area contributed by atoms with Crippen LogP contribution in [0, 0.1) is 12.3 Å². The number of nitrogens with zero attached hydrogens (tertiary/aromatic N) is 3. The van der Waals surface area contributed by atoms with Crippen molar-refractivity contribution < 1.29 is 32.2 Å². The van der Waals surface area contributed by atoms with E-state index in [-0.39, 0.29) is 34.2 Å². The molecule has 0 radical (unpaired) electrons. The Bertz CT molecular complexity index is 1440. The second-order valence-corrected chi connectivity index (χ2v) is 11.1. The standard InChI is InChI=1S/C24H24N4O7S2/c1-14-6-5-7-16(10-14)34-8-9-35-20-18(32-2)12-15(13-19(20)33-3)11-17-21(25)28-23(26-22(17)29)36-24(27-28)37(4,30)31/h5-7,10-13,25H,8-9H2,1-4H3/b17-11+,25-21?. The summed E-state index contributed by atoms with van der Waals surface area (Å²) in [5.74, 6) is 0.778. The molecule has 2 heterocycles. The summed E-state index contributed by atoms with van der Waals surface area (Å²) in [4.78, 5) is 16.6. The molecule has 0 saturated carbocycles. The van der Waals surface area contributed by atoms with E-state index in [0.29, 0.717) is 22.8 Å². The summed E-state index contributed by atoms with van der Waals surface area (Å²) in [6, 6.07) is 10.9. The minimum absolute atomic E-state index is 0.0133. The Balaban J connectivity index is 1.55. The van der Waals surface area contributed by atoms with Gasteiger partial charge in [-0.1, -0.05) is 12.1 Å². The number of aryl methyl sites for hydroxylation is 1. The van der Waals surface area contributed by atoms with Crippen molar-refractivity contribution in [2.45, 2.75) is 6.92 Å². The van der Waals surface area contributed by atoms with E-state index in [1.807, 2.05) is 31.2 Å². The van der Waals surface area contributed by atoms with Gasteiger partial charge in [0.1, 0.15) is 19.0 Å². The van der Waals surface area contributed by atoms with Crippen molar-refractivity contribution in [3.05, 3.63) is 53.1 Å². The number of carbonyl (C=O) groups excluding carboxylic acids is 1. The maximum Gasteiger partial charge on any atom is 0.283 e. The minimum atomic E-state index is -3.62. The number of rotatable bonds is 8. The van der Waals surface area contributed by atoms with Gasteiger partial charge in [0.2, 0.25) is 25.1 Å². The van der Waals surface area contributed by atoms with Crippen LogP contribution >= 0.6 is 11.8 Å². The summed E-state index contributed by atoms with van der Waals surface area (Å²) in [6.07, 6.45) is 2.43. The third kappa shape index (κ3) is 5.78. The van der Waals surface area contributed by atoms with Gasteiger partial charge in [0.25, 0.3) is 5.91 Å². The van der Waals surface area contributed by atoms with Crippen LogP contribution in [-0.4, -0.2) is 68.4 Å². The molecule has 2 aromatic rings. The fraction of sp³-hybridized carbons (Fsp3) is 0.250. The highest BCUT2D eigenvalue weighted by molar-refractivity contribution is 8.42. The van der Waals surface area contributed by atoms with Crippen LogP contribution in [0.1, 0.15) is 11.1 Å². The lowest BCUT2D eigenvalue weighted by Gasteiger charge is -2.20. The van der Waals surface area contributed by atoms with Gasteiger partial charge in [-0.15, -0.1) is 5.10 Å². The van der Waals surface area contributed by atoms with Gasteiger partial charge >= 0.3 is 0 Å². The fourth-order valence-corrected chi connectivity index (χ4v) is 5.11. The first kappa shape index (κ1) is 26.2. The summed E-state index contributed by atoms with van der Waals surface area (Å²) in [5, 5.41) is 13.4. The van der Waals surface area contributed by atoms with E-state index in [1.165, 1.54) is 20.3 Å². The lowest BCUT2D eigenvalue weighted by Crippen LogP contribution is -2.35. The topological polar surface area (TPSA) is 140 Å². The zero-order chi connectivity index (χ0) is 26.7. The number of nitrogens with one attached hydrogen (secondary N) is 1. The zero-order valence-electron chi connectivity index (χ0n) is 20.5. The number of methoxy groups -OCH3 is 2. The molecule has 13 heteroatoms. The fourth-order valence-electron chi connectivity index (χ4n) is 3.43. The summed E-state index contributed by atoms with van der Waals surface area (Å²) >= 11 is 0.722.